The van der Waals surface area contributed by atoms with Gasteiger partial charge in [0.05, 0.1) is 0 Å². The lowest BCUT2D eigenvalue weighted by Gasteiger charge is -2.32. The van der Waals surface area contributed by atoms with Crippen LogP contribution in [0.15, 0.2) is 24.3 Å². The molecule has 0 aromatic heterocycles. The number of halogens is 1. The van der Waals surface area contributed by atoms with Crippen LogP contribution in [0.5, 0.6) is 0 Å². The van der Waals surface area contributed by atoms with Crippen LogP contribution in [-0.2, 0) is 6.54 Å². The number of nitrogens with one attached hydrogen (secondary N) is 1. The summed E-state index contributed by atoms with van der Waals surface area (Å²) in [6, 6.07) is 8.80. The predicted octanol–water partition coefficient (Wildman–Crippen LogP) is 1.85. The summed E-state index contributed by atoms with van der Waals surface area (Å²) in [7, 11) is 0. The summed E-state index contributed by atoms with van der Waals surface area (Å²) in [5, 5.41) is 4.30. The molecule has 0 amide bonds. The van der Waals surface area contributed by atoms with Crippen molar-refractivity contribution in [3.05, 3.63) is 34.9 Å². The fourth-order valence-corrected chi connectivity index (χ4v) is 2.56. The minimum absolute atomic E-state index is 0.648. The maximum absolute atomic E-state index is 5.89. The maximum atomic E-state index is 5.89. The summed E-state index contributed by atoms with van der Waals surface area (Å²) in [4.78, 5) is 2.50. The second-order valence-corrected chi connectivity index (χ2v) is 5.36. The summed E-state index contributed by atoms with van der Waals surface area (Å²) < 4.78 is 0. The molecule has 0 radical (unpaired) electrons. The standard InChI is InChI=1S/C14H22ClN3/c15-13-3-1-12(2-4-13)11-18-9-5-14(6-10-18)17-8-7-16/h1-4,14,17H,5-11,16H2. The maximum Gasteiger partial charge on any atom is 0.0406 e. The van der Waals surface area contributed by atoms with Crippen LogP contribution in [0, 0.1) is 0 Å². The van der Waals surface area contributed by atoms with Crippen molar-refractivity contribution >= 4 is 11.6 Å². The van der Waals surface area contributed by atoms with Crippen LogP contribution in [0.25, 0.3) is 0 Å². The van der Waals surface area contributed by atoms with E-state index in [0.29, 0.717) is 6.04 Å². The number of hydrogen-bond donors (Lipinski definition) is 2. The number of likely N-dealkylation sites (tertiary alicyclic amines) is 1. The molecule has 18 heavy (non-hydrogen) atoms. The van der Waals surface area contributed by atoms with E-state index in [0.717, 1.165) is 37.7 Å². The van der Waals surface area contributed by atoms with Gasteiger partial charge in [-0.3, -0.25) is 4.90 Å². The third-order valence-corrected chi connectivity index (χ3v) is 3.74. The Hall–Kier alpha value is -0.610. The van der Waals surface area contributed by atoms with E-state index in [4.69, 9.17) is 17.3 Å². The third kappa shape index (κ3) is 4.25. The van der Waals surface area contributed by atoms with Gasteiger partial charge in [0.2, 0.25) is 0 Å². The number of nitrogens with zero attached hydrogens (tertiary/aromatic N) is 1. The molecule has 1 aliphatic heterocycles. The first kappa shape index (κ1) is 13.8. The summed E-state index contributed by atoms with van der Waals surface area (Å²) in [5.41, 5.74) is 6.84. The molecule has 1 aliphatic rings. The van der Waals surface area contributed by atoms with Crippen LogP contribution in [0.4, 0.5) is 0 Å². The Labute approximate surface area is 114 Å². The van der Waals surface area contributed by atoms with E-state index in [1.807, 2.05) is 12.1 Å². The van der Waals surface area contributed by atoms with Crippen molar-refractivity contribution in [3.8, 4) is 0 Å². The molecule has 0 aliphatic carbocycles. The van der Waals surface area contributed by atoms with Crippen molar-refractivity contribution < 1.29 is 0 Å². The smallest absolute Gasteiger partial charge is 0.0406 e. The number of piperidine rings is 1. The van der Waals surface area contributed by atoms with Gasteiger partial charge in [-0.25, -0.2) is 0 Å². The molecule has 0 bridgehead atoms. The van der Waals surface area contributed by atoms with Crippen molar-refractivity contribution in [2.45, 2.75) is 25.4 Å². The fraction of sp³-hybridized carbons (Fsp3) is 0.571. The Balaban J connectivity index is 1.74. The van der Waals surface area contributed by atoms with Gasteiger partial charge in [0.1, 0.15) is 0 Å². The molecule has 1 fully saturated rings. The molecule has 1 saturated heterocycles. The van der Waals surface area contributed by atoms with Gasteiger partial charge in [-0.05, 0) is 43.6 Å². The van der Waals surface area contributed by atoms with E-state index in [9.17, 15) is 0 Å². The fourth-order valence-electron chi connectivity index (χ4n) is 2.43. The van der Waals surface area contributed by atoms with Gasteiger partial charge in [-0.2, -0.15) is 0 Å². The largest absolute Gasteiger partial charge is 0.329 e. The SMILES string of the molecule is NCCNC1CCN(Cc2ccc(Cl)cc2)CC1. The first-order valence-corrected chi connectivity index (χ1v) is 7.06. The number of benzene rings is 1. The van der Waals surface area contributed by atoms with Crippen molar-refractivity contribution in [1.29, 1.82) is 0 Å². The van der Waals surface area contributed by atoms with E-state index in [2.05, 4.69) is 22.3 Å². The molecule has 3 N–H and O–H groups in total. The molecular weight excluding hydrogens is 246 g/mol. The van der Waals surface area contributed by atoms with Crippen LogP contribution in [0.1, 0.15) is 18.4 Å². The lowest BCUT2D eigenvalue weighted by molar-refractivity contribution is 0.191. The van der Waals surface area contributed by atoms with Crippen LogP contribution in [0.3, 0.4) is 0 Å². The average molecular weight is 268 g/mol. The summed E-state index contributed by atoms with van der Waals surface area (Å²) >= 11 is 5.89. The van der Waals surface area contributed by atoms with Gasteiger partial charge in [-0.1, -0.05) is 23.7 Å². The van der Waals surface area contributed by atoms with Crippen LogP contribution in [0.2, 0.25) is 5.02 Å². The zero-order chi connectivity index (χ0) is 12.8. The molecule has 0 saturated carbocycles. The van der Waals surface area contributed by atoms with Crippen LogP contribution < -0.4 is 11.1 Å². The predicted molar refractivity (Wildman–Crippen MR) is 76.8 cm³/mol. The van der Waals surface area contributed by atoms with Gasteiger partial charge < -0.3 is 11.1 Å². The van der Waals surface area contributed by atoms with Gasteiger partial charge in [0.25, 0.3) is 0 Å². The van der Waals surface area contributed by atoms with Gasteiger partial charge in [0, 0.05) is 30.7 Å². The molecule has 1 heterocycles. The Morgan fingerprint density at radius 1 is 1.22 bits per heavy atom. The second-order valence-electron chi connectivity index (χ2n) is 4.92. The molecule has 4 heteroatoms. The van der Waals surface area contributed by atoms with E-state index in [-0.39, 0.29) is 0 Å². The normalized spacial score (nSPS) is 18.1. The molecule has 2 rings (SSSR count). The highest BCUT2D eigenvalue weighted by Gasteiger charge is 2.18. The Morgan fingerprint density at radius 2 is 1.89 bits per heavy atom. The summed E-state index contributed by atoms with van der Waals surface area (Å²) in [6.45, 7) is 5.00. The van der Waals surface area contributed by atoms with Crippen molar-refractivity contribution in [3.63, 3.8) is 0 Å². The lowest BCUT2D eigenvalue weighted by Crippen LogP contribution is -2.43. The quantitative estimate of drug-likeness (QED) is 0.856. The second kappa shape index (κ2) is 7.10. The topological polar surface area (TPSA) is 41.3 Å². The van der Waals surface area contributed by atoms with E-state index < -0.39 is 0 Å². The highest BCUT2D eigenvalue weighted by molar-refractivity contribution is 6.30. The molecular formula is C14H22ClN3. The Bertz CT molecular complexity index is 345. The third-order valence-electron chi connectivity index (χ3n) is 3.48. The summed E-state index contributed by atoms with van der Waals surface area (Å²) in [6.07, 6.45) is 2.43. The first-order chi connectivity index (χ1) is 8.78. The monoisotopic (exact) mass is 267 g/mol. The van der Waals surface area contributed by atoms with E-state index in [1.165, 1.54) is 18.4 Å². The average Bonchev–Trinajstić information content (AvgIpc) is 2.41. The number of hydrogen-bond acceptors (Lipinski definition) is 3. The minimum atomic E-state index is 0.648. The number of rotatable bonds is 5. The molecule has 0 atom stereocenters. The zero-order valence-corrected chi connectivity index (χ0v) is 11.5. The molecule has 1 aromatic rings. The zero-order valence-electron chi connectivity index (χ0n) is 10.7. The highest BCUT2D eigenvalue weighted by atomic mass is 35.5. The van der Waals surface area contributed by atoms with Crippen LogP contribution in [-0.4, -0.2) is 37.1 Å². The molecule has 3 nitrogen and oxygen atoms in total. The number of nitrogens with two attached hydrogens (primary N) is 1. The van der Waals surface area contributed by atoms with E-state index >= 15 is 0 Å². The highest BCUT2D eigenvalue weighted by Crippen LogP contribution is 2.15. The molecule has 100 valence electrons. The molecule has 0 spiro atoms. The van der Waals surface area contributed by atoms with Crippen molar-refractivity contribution in [1.82, 2.24) is 10.2 Å². The summed E-state index contributed by atoms with van der Waals surface area (Å²) in [5.74, 6) is 0. The lowest BCUT2D eigenvalue weighted by atomic mass is 10.0. The van der Waals surface area contributed by atoms with Crippen molar-refractivity contribution in [2.75, 3.05) is 26.2 Å². The van der Waals surface area contributed by atoms with Gasteiger partial charge >= 0.3 is 0 Å². The molecule has 1 aromatic carbocycles. The molecule has 0 unspecified atom stereocenters. The Kier molecular flexibility index (Phi) is 5.45. The van der Waals surface area contributed by atoms with Gasteiger partial charge in [-0.15, -0.1) is 0 Å². The van der Waals surface area contributed by atoms with E-state index in [1.54, 1.807) is 0 Å². The van der Waals surface area contributed by atoms with Crippen molar-refractivity contribution in [2.24, 2.45) is 5.73 Å². The van der Waals surface area contributed by atoms with Crippen LogP contribution >= 0.6 is 11.6 Å². The Morgan fingerprint density at radius 3 is 2.50 bits per heavy atom. The first-order valence-electron chi connectivity index (χ1n) is 6.68. The van der Waals surface area contributed by atoms with Gasteiger partial charge in [0.15, 0.2) is 0 Å². The minimum Gasteiger partial charge on any atom is -0.329 e.